The van der Waals surface area contributed by atoms with Crippen molar-refractivity contribution >= 4 is 0 Å². The van der Waals surface area contributed by atoms with Crippen molar-refractivity contribution < 1.29 is 9.47 Å². The molecule has 1 N–H and O–H groups in total. The van der Waals surface area contributed by atoms with Crippen molar-refractivity contribution in [1.29, 1.82) is 0 Å². The molecule has 3 aliphatic heterocycles. The normalized spacial score (nSPS) is 26.0. The topological polar surface area (TPSA) is 33.7 Å². The molecular formula is C21H32N2O2. The Balaban J connectivity index is 1.64. The van der Waals surface area contributed by atoms with Crippen molar-refractivity contribution in [2.75, 3.05) is 39.5 Å². The van der Waals surface area contributed by atoms with Gasteiger partial charge in [0, 0.05) is 38.9 Å². The summed E-state index contributed by atoms with van der Waals surface area (Å²) in [4.78, 5) is 2.70. The van der Waals surface area contributed by atoms with Gasteiger partial charge in [0.05, 0.1) is 19.3 Å². The molecule has 1 aromatic carbocycles. The summed E-state index contributed by atoms with van der Waals surface area (Å²) in [7, 11) is 0. The van der Waals surface area contributed by atoms with Crippen molar-refractivity contribution in [2.24, 2.45) is 0 Å². The van der Waals surface area contributed by atoms with E-state index >= 15 is 0 Å². The standard InChI is InChI=1S/C21H32N2O2/c1-15(2)17-11-16-3-7-23(18-4-8-24-9-5-18)13-20(16)19(12-17)21-14-25-10-6-22-21/h11-12,15,18,21-22H,3-10,13-14H2,1-2H3/t21-/m0/s1. The summed E-state index contributed by atoms with van der Waals surface area (Å²) in [5.41, 5.74) is 6.08. The molecule has 4 rings (SSSR count). The van der Waals surface area contributed by atoms with Crippen LogP contribution in [0.15, 0.2) is 12.1 Å². The van der Waals surface area contributed by atoms with E-state index in [0.29, 0.717) is 18.0 Å². The lowest BCUT2D eigenvalue weighted by Crippen LogP contribution is -2.43. The van der Waals surface area contributed by atoms with Gasteiger partial charge in [-0.2, -0.15) is 0 Å². The van der Waals surface area contributed by atoms with Gasteiger partial charge in [-0.3, -0.25) is 4.90 Å². The molecule has 1 atom stereocenters. The molecule has 1 aromatic rings. The number of ether oxygens (including phenoxy) is 2. The predicted octanol–water partition coefficient (Wildman–Crippen LogP) is 3.01. The molecule has 0 bridgehead atoms. The van der Waals surface area contributed by atoms with Crippen LogP contribution in [0.3, 0.4) is 0 Å². The van der Waals surface area contributed by atoms with Gasteiger partial charge in [0.2, 0.25) is 0 Å². The van der Waals surface area contributed by atoms with Crippen LogP contribution in [0, 0.1) is 0 Å². The molecule has 4 nitrogen and oxygen atoms in total. The monoisotopic (exact) mass is 344 g/mol. The number of benzene rings is 1. The molecule has 2 fully saturated rings. The Morgan fingerprint density at radius 3 is 2.68 bits per heavy atom. The van der Waals surface area contributed by atoms with Crippen molar-refractivity contribution in [3.05, 3.63) is 34.4 Å². The molecule has 0 aliphatic carbocycles. The van der Waals surface area contributed by atoms with Crippen LogP contribution in [-0.2, 0) is 22.4 Å². The lowest BCUT2D eigenvalue weighted by atomic mass is 9.85. The van der Waals surface area contributed by atoms with E-state index in [1.807, 2.05) is 0 Å². The van der Waals surface area contributed by atoms with Gasteiger partial charge in [-0.25, -0.2) is 0 Å². The highest BCUT2D eigenvalue weighted by molar-refractivity contribution is 5.43. The first-order valence-corrected chi connectivity index (χ1v) is 10.0. The molecule has 0 unspecified atom stereocenters. The van der Waals surface area contributed by atoms with Gasteiger partial charge in [0.25, 0.3) is 0 Å². The van der Waals surface area contributed by atoms with Gasteiger partial charge in [0.15, 0.2) is 0 Å². The molecule has 0 aromatic heterocycles. The van der Waals surface area contributed by atoms with Crippen LogP contribution < -0.4 is 5.32 Å². The summed E-state index contributed by atoms with van der Waals surface area (Å²) in [6, 6.07) is 5.95. The van der Waals surface area contributed by atoms with Crippen LogP contribution in [0.25, 0.3) is 0 Å². The number of nitrogens with one attached hydrogen (secondary N) is 1. The second-order valence-corrected chi connectivity index (χ2v) is 8.05. The zero-order chi connectivity index (χ0) is 17.2. The van der Waals surface area contributed by atoms with E-state index in [1.165, 1.54) is 36.9 Å². The van der Waals surface area contributed by atoms with Gasteiger partial charge >= 0.3 is 0 Å². The third-order valence-electron chi connectivity index (χ3n) is 6.10. The van der Waals surface area contributed by atoms with Gasteiger partial charge in [0.1, 0.15) is 0 Å². The van der Waals surface area contributed by atoms with Gasteiger partial charge in [-0.05, 0) is 47.4 Å². The fraction of sp³-hybridized carbons (Fsp3) is 0.714. The molecule has 4 heteroatoms. The van der Waals surface area contributed by atoms with E-state index in [2.05, 4.69) is 36.2 Å². The third kappa shape index (κ3) is 3.77. The van der Waals surface area contributed by atoms with E-state index in [0.717, 1.165) is 39.5 Å². The van der Waals surface area contributed by atoms with Crippen LogP contribution in [0.2, 0.25) is 0 Å². The summed E-state index contributed by atoms with van der Waals surface area (Å²) in [6.07, 6.45) is 3.53. The van der Waals surface area contributed by atoms with E-state index in [-0.39, 0.29) is 0 Å². The first-order valence-electron chi connectivity index (χ1n) is 10.0. The quantitative estimate of drug-likeness (QED) is 0.914. The lowest BCUT2D eigenvalue weighted by molar-refractivity contribution is 0.0285. The fourth-order valence-corrected chi connectivity index (χ4v) is 4.52. The molecule has 0 amide bonds. The summed E-state index contributed by atoms with van der Waals surface area (Å²) < 4.78 is 11.3. The van der Waals surface area contributed by atoms with Crippen LogP contribution in [-0.4, -0.2) is 50.5 Å². The third-order valence-corrected chi connectivity index (χ3v) is 6.10. The Bertz CT molecular complexity index is 590. The molecule has 2 saturated heterocycles. The molecule has 138 valence electrons. The molecule has 0 radical (unpaired) electrons. The molecular weight excluding hydrogens is 312 g/mol. The predicted molar refractivity (Wildman–Crippen MR) is 100 cm³/mol. The van der Waals surface area contributed by atoms with Crippen LogP contribution in [0.1, 0.15) is 60.9 Å². The lowest BCUT2D eigenvalue weighted by Gasteiger charge is -2.39. The van der Waals surface area contributed by atoms with Crippen molar-refractivity contribution in [3.8, 4) is 0 Å². The number of fused-ring (bicyclic) bond motifs is 1. The average molecular weight is 344 g/mol. The largest absolute Gasteiger partial charge is 0.381 e. The van der Waals surface area contributed by atoms with Gasteiger partial charge < -0.3 is 14.8 Å². The number of morpholine rings is 1. The zero-order valence-electron chi connectivity index (χ0n) is 15.7. The highest BCUT2D eigenvalue weighted by atomic mass is 16.5. The Kier molecular flexibility index (Phi) is 5.41. The summed E-state index contributed by atoms with van der Waals surface area (Å²) in [6.45, 7) is 11.3. The first-order chi connectivity index (χ1) is 12.2. The van der Waals surface area contributed by atoms with E-state index in [1.54, 1.807) is 11.1 Å². The fourth-order valence-electron chi connectivity index (χ4n) is 4.52. The number of hydrogen-bond acceptors (Lipinski definition) is 4. The minimum Gasteiger partial charge on any atom is -0.381 e. The number of hydrogen-bond donors (Lipinski definition) is 1. The summed E-state index contributed by atoms with van der Waals surface area (Å²) in [5.74, 6) is 0.571. The Labute approximate surface area is 151 Å². The maximum atomic E-state index is 5.78. The van der Waals surface area contributed by atoms with Crippen LogP contribution >= 0.6 is 0 Å². The van der Waals surface area contributed by atoms with E-state index in [9.17, 15) is 0 Å². The SMILES string of the molecule is CC(C)c1cc2c(c([C@@H]3COCCN3)c1)CN(C1CCOCC1)CC2. The zero-order valence-corrected chi connectivity index (χ0v) is 15.7. The van der Waals surface area contributed by atoms with E-state index < -0.39 is 0 Å². The van der Waals surface area contributed by atoms with E-state index in [4.69, 9.17) is 9.47 Å². The van der Waals surface area contributed by atoms with Crippen molar-refractivity contribution in [3.63, 3.8) is 0 Å². The average Bonchev–Trinajstić information content (AvgIpc) is 2.68. The Morgan fingerprint density at radius 2 is 1.96 bits per heavy atom. The first kappa shape index (κ1) is 17.5. The Hall–Kier alpha value is -0.940. The van der Waals surface area contributed by atoms with Crippen LogP contribution in [0.4, 0.5) is 0 Å². The smallest absolute Gasteiger partial charge is 0.0662 e. The summed E-state index contributed by atoms with van der Waals surface area (Å²) >= 11 is 0. The minimum atomic E-state index is 0.343. The summed E-state index contributed by atoms with van der Waals surface area (Å²) in [5, 5.41) is 3.68. The molecule has 3 heterocycles. The maximum absolute atomic E-state index is 5.78. The molecule has 0 spiro atoms. The molecule has 3 aliphatic rings. The minimum absolute atomic E-state index is 0.343. The highest BCUT2D eigenvalue weighted by Crippen LogP contribution is 2.33. The van der Waals surface area contributed by atoms with Gasteiger partial charge in [-0.15, -0.1) is 0 Å². The molecule has 25 heavy (non-hydrogen) atoms. The maximum Gasteiger partial charge on any atom is 0.0662 e. The van der Waals surface area contributed by atoms with Crippen LogP contribution in [0.5, 0.6) is 0 Å². The number of nitrogens with zero attached hydrogens (tertiary/aromatic N) is 1. The Morgan fingerprint density at radius 1 is 1.12 bits per heavy atom. The second-order valence-electron chi connectivity index (χ2n) is 8.05. The highest BCUT2D eigenvalue weighted by Gasteiger charge is 2.29. The van der Waals surface area contributed by atoms with Crippen molar-refractivity contribution in [1.82, 2.24) is 10.2 Å². The van der Waals surface area contributed by atoms with Gasteiger partial charge in [-0.1, -0.05) is 26.0 Å². The number of rotatable bonds is 3. The van der Waals surface area contributed by atoms with Crippen molar-refractivity contribution in [2.45, 2.75) is 57.7 Å². The molecule has 0 saturated carbocycles. The second kappa shape index (κ2) is 7.75.